The van der Waals surface area contributed by atoms with Crippen LogP contribution < -0.4 is 0 Å². The second-order valence-corrected chi connectivity index (χ2v) is 5.09. The van der Waals surface area contributed by atoms with E-state index in [0.29, 0.717) is 11.1 Å². The van der Waals surface area contributed by atoms with E-state index in [1.54, 1.807) is 24.0 Å². The zero-order chi connectivity index (χ0) is 11.5. The van der Waals surface area contributed by atoms with Crippen molar-refractivity contribution in [3.05, 3.63) is 35.1 Å². The van der Waals surface area contributed by atoms with Gasteiger partial charge in [-0.25, -0.2) is 4.39 Å². The molecule has 1 aliphatic heterocycles. The van der Waals surface area contributed by atoms with Crippen LogP contribution in [-0.4, -0.2) is 35.4 Å². The molecule has 2 nitrogen and oxygen atoms in total. The van der Waals surface area contributed by atoms with Crippen molar-refractivity contribution in [2.75, 3.05) is 24.6 Å². The third-order valence-corrected chi connectivity index (χ3v) is 3.66. The van der Waals surface area contributed by atoms with Gasteiger partial charge in [0.05, 0.1) is 0 Å². The van der Waals surface area contributed by atoms with Gasteiger partial charge in [-0.15, -0.1) is 0 Å². The van der Waals surface area contributed by atoms with Crippen molar-refractivity contribution >= 4 is 17.7 Å². The molecule has 86 valence electrons. The van der Waals surface area contributed by atoms with E-state index in [0.717, 1.165) is 24.6 Å². The number of thioether (sulfide) groups is 1. The Bertz CT molecular complexity index is 402. The van der Waals surface area contributed by atoms with Crippen LogP contribution in [0.15, 0.2) is 18.2 Å². The first-order valence-corrected chi connectivity index (χ1v) is 6.47. The molecule has 16 heavy (non-hydrogen) atoms. The van der Waals surface area contributed by atoms with Gasteiger partial charge < -0.3 is 4.90 Å². The molecule has 1 aliphatic rings. The number of halogens is 1. The zero-order valence-corrected chi connectivity index (χ0v) is 10.0. The number of amides is 1. The van der Waals surface area contributed by atoms with Gasteiger partial charge in [0.1, 0.15) is 5.82 Å². The Morgan fingerprint density at radius 3 is 2.69 bits per heavy atom. The van der Waals surface area contributed by atoms with Gasteiger partial charge in [-0.2, -0.15) is 11.8 Å². The van der Waals surface area contributed by atoms with Crippen molar-refractivity contribution < 1.29 is 9.18 Å². The highest BCUT2D eigenvalue weighted by Crippen LogP contribution is 2.15. The van der Waals surface area contributed by atoms with Crippen molar-refractivity contribution in [3.8, 4) is 0 Å². The lowest BCUT2D eigenvalue weighted by Crippen LogP contribution is -2.37. The number of nitrogens with zero attached hydrogens (tertiary/aromatic N) is 1. The Morgan fingerprint density at radius 2 is 2.06 bits per heavy atom. The van der Waals surface area contributed by atoms with Crippen molar-refractivity contribution in [1.29, 1.82) is 0 Å². The van der Waals surface area contributed by atoms with E-state index in [4.69, 9.17) is 0 Å². The Morgan fingerprint density at radius 1 is 1.38 bits per heavy atom. The molecule has 0 atom stereocenters. The molecule has 1 heterocycles. The van der Waals surface area contributed by atoms with E-state index < -0.39 is 0 Å². The van der Waals surface area contributed by atoms with Crippen LogP contribution in [0, 0.1) is 12.7 Å². The summed E-state index contributed by atoms with van der Waals surface area (Å²) >= 11 is 1.85. The monoisotopic (exact) mass is 239 g/mol. The first-order chi connectivity index (χ1) is 7.68. The second-order valence-electron chi connectivity index (χ2n) is 3.87. The highest BCUT2D eigenvalue weighted by molar-refractivity contribution is 7.99. The van der Waals surface area contributed by atoms with Crippen molar-refractivity contribution in [3.63, 3.8) is 0 Å². The highest BCUT2D eigenvalue weighted by Gasteiger charge is 2.18. The molecule has 1 aromatic carbocycles. The fraction of sp³-hybridized carbons (Fsp3) is 0.417. The summed E-state index contributed by atoms with van der Waals surface area (Å²) in [6.07, 6.45) is 0. The predicted octanol–water partition coefficient (Wildman–Crippen LogP) is 2.32. The molecule has 1 saturated heterocycles. The number of hydrogen-bond donors (Lipinski definition) is 0. The molecule has 0 saturated carbocycles. The third kappa shape index (κ3) is 2.38. The molecule has 0 radical (unpaired) electrons. The Hall–Kier alpha value is -1.03. The molecular weight excluding hydrogens is 225 g/mol. The molecule has 0 spiro atoms. The lowest BCUT2D eigenvalue weighted by molar-refractivity contribution is 0.0772. The van der Waals surface area contributed by atoms with Crippen LogP contribution in [-0.2, 0) is 0 Å². The summed E-state index contributed by atoms with van der Waals surface area (Å²) in [6.45, 7) is 3.22. The summed E-state index contributed by atoms with van der Waals surface area (Å²) in [6, 6.07) is 4.68. The minimum Gasteiger partial charge on any atom is -0.337 e. The van der Waals surface area contributed by atoms with Gasteiger partial charge >= 0.3 is 0 Å². The molecule has 1 amide bonds. The number of aryl methyl sites for hydroxylation is 1. The van der Waals surface area contributed by atoms with E-state index in [1.807, 2.05) is 11.8 Å². The standard InChI is InChI=1S/C12H14FNOS/c1-9-2-3-10(8-11(9)13)12(15)14-4-6-16-7-5-14/h2-3,8H,4-7H2,1H3. The van der Waals surface area contributed by atoms with Gasteiger partial charge in [0, 0.05) is 30.2 Å². The summed E-state index contributed by atoms with van der Waals surface area (Å²) < 4.78 is 13.3. The van der Waals surface area contributed by atoms with E-state index >= 15 is 0 Å². The molecular formula is C12H14FNOS. The van der Waals surface area contributed by atoms with Crippen molar-refractivity contribution in [2.45, 2.75) is 6.92 Å². The fourth-order valence-corrected chi connectivity index (χ4v) is 2.58. The third-order valence-electron chi connectivity index (χ3n) is 2.72. The summed E-state index contributed by atoms with van der Waals surface area (Å²) in [5.41, 5.74) is 1.03. The summed E-state index contributed by atoms with van der Waals surface area (Å²) in [7, 11) is 0. The van der Waals surface area contributed by atoms with E-state index in [9.17, 15) is 9.18 Å². The summed E-state index contributed by atoms with van der Waals surface area (Å²) in [5, 5.41) is 0. The van der Waals surface area contributed by atoms with E-state index in [-0.39, 0.29) is 11.7 Å². The van der Waals surface area contributed by atoms with Crippen LogP contribution in [0.4, 0.5) is 4.39 Å². The maximum Gasteiger partial charge on any atom is 0.254 e. The topological polar surface area (TPSA) is 20.3 Å². The van der Waals surface area contributed by atoms with Gasteiger partial charge in [-0.1, -0.05) is 6.07 Å². The molecule has 1 fully saturated rings. The Labute approximate surface area is 98.8 Å². The first kappa shape index (κ1) is 11.5. The van der Waals surface area contributed by atoms with Crippen LogP contribution in [0.3, 0.4) is 0 Å². The maximum atomic E-state index is 13.3. The number of benzene rings is 1. The number of hydrogen-bond acceptors (Lipinski definition) is 2. The predicted molar refractivity (Wildman–Crippen MR) is 64.4 cm³/mol. The maximum absolute atomic E-state index is 13.3. The average molecular weight is 239 g/mol. The number of carbonyl (C=O) groups is 1. The highest BCUT2D eigenvalue weighted by atomic mass is 32.2. The minimum absolute atomic E-state index is 0.0563. The van der Waals surface area contributed by atoms with Gasteiger partial charge in [-0.05, 0) is 24.6 Å². The molecule has 0 unspecified atom stereocenters. The Balaban J connectivity index is 2.16. The quantitative estimate of drug-likeness (QED) is 0.749. The summed E-state index contributed by atoms with van der Waals surface area (Å²) in [4.78, 5) is 13.8. The smallest absolute Gasteiger partial charge is 0.254 e. The fourth-order valence-electron chi connectivity index (χ4n) is 1.67. The molecule has 4 heteroatoms. The largest absolute Gasteiger partial charge is 0.337 e. The number of carbonyl (C=O) groups excluding carboxylic acids is 1. The molecule has 0 aliphatic carbocycles. The molecule has 0 N–H and O–H groups in total. The van der Waals surface area contributed by atoms with E-state index in [1.165, 1.54) is 6.07 Å². The zero-order valence-electron chi connectivity index (χ0n) is 9.20. The van der Waals surface area contributed by atoms with Gasteiger partial charge in [0.15, 0.2) is 0 Å². The van der Waals surface area contributed by atoms with Crippen molar-refractivity contribution in [1.82, 2.24) is 4.90 Å². The van der Waals surface area contributed by atoms with Crippen LogP contribution >= 0.6 is 11.8 Å². The van der Waals surface area contributed by atoms with Crippen molar-refractivity contribution in [2.24, 2.45) is 0 Å². The van der Waals surface area contributed by atoms with Crippen LogP contribution in [0.25, 0.3) is 0 Å². The normalized spacial score (nSPS) is 16.2. The minimum atomic E-state index is -0.308. The molecule has 1 aromatic rings. The molecule has 0 bridgehead atoms. The first-order valence-electron chi connectivity index (χ1n) is 5.31. The van der Waals surface area contributed by atoms with E-state index in [2.05, 4.69) is 0 Å². The van der Waals surface area contributed by atoms with Gasteiger partial charge in [-0.3, -0.25) is 4.79 Å². The van der Waals surface area contributed by atoms with Crippen LogP contribution in [0.2, 0.25) is 0 Å². The van der Waals surface area contributed by atoms with Crippen LogP contribution in [0.1, 0.15) is 15.9 Å². The lowest BCUT2D eigenvalue weighted by atomic mass is 10.1. The summed E-state index contributed by atoms with van der Waals surface area (Å²) in [5.74, 6) is 1.58. The second kappa shape index (κ2) is 4.87. The Kier molecular flexibility index (Phi) is 3.49. The van der Waals surface area contributed by atoms with Gasteiger partial charge in [0.2, 0.25) is 0 Å². The molecule has 2 rings (SSSR count). The number of rotatable bonds is 1. The van der Waals surface area contributed by atoms with Crippen LogP contribution in [0.5, 0.6) is 0 Å². The van der Waals surface area contributed by atoms with Gasteiger partial charge in [0.25, 0.3) is 5.91 Å². The average Bonchev–Trinajstić information content (AvgIpc) is 2.33. The molecule has 0 aromatic heterocycles. The lowest BCUT2D eigenvalue weighted by Gasteiger charge is -2.26. The SMILES string of the molecule is Cc1ccc(C(=O)N2CCSCC2)cc1F.